The van der Waals surface area contributed by atoms with Gasteiger partial charge >= 0.3 is 0 Å². The second kappa shape index (κ2) is 8.50. The highest BCUT2D eigenvalue weighted by Gasteiger charge is 2.38. The van der Waals surface area contributed by atoms with Crippen LogP contribution in [0.15, 0.2) is 0 Å². The van der Waals surface area contributed by atoms with Crippen LogP contribution in [0.2, 0.25) is 0 Å². The molecule has 2 aliphatic rings. The molecule has 1 aliphatic carbocycles. The van der Waals surface area contributed by atoms with Gasteiger partial charge in [-0.1, -0.05) is 26.7 Å². The number of aliphatic hydroxyl groups is 1. The maximum atomic E-state index is 9.11. The van der Waals surface area contributed by atoms with E-state index >= 15 is 0 Å². The van der Waals surface area contributed by atoms with E-state index in [4.69, 9.17) is 5.11 Å². The average molecular weight is 296 g/mol. The number of aliphatic hydroxyl groups excluding tert-OH is 1. The van der Waals surface area contributed by atoms with Crippen molar-refractivity contribution in [3.8, 4) is 0 Å². The van der Waals surface area contributed by atoms with E-state index in [0.717, 1.165) is 24.9 Å². The van der Waals surface area contributed by atoms with Gasteiger partial charge in [-0.25, -0.2) is 0 Å². The standard InChI is InChI=1S/C18H36N2O/c1-3-19-14-18(10-4-7-16(2)13-18)15-20-11-5-8-17(20)9-6-12-21/h16-17,19,21H,3-15H2,1-2H3. The normalized spacial score (nSPS) is 34.4. The molecule has 3 heteroatoms. The van der Waals surface area contributed by atoms with Crippen LogP contribution in [0.4, 0.5) is 0 Å². The summed E-state index contributed by atoms with van der Waals surface area (Å²) in [7, 11) is 0. The lowest BCUT2D eigenvalue weighted by Crippen LogP contribution is -2.48. The van der Waals surface area contributed by atoms with E-state index in [1.54, 1.807) is 0 Å². The Morgan fingerprint density at radius 2 is 2.14 bits per heavy atom. The number of nitrogens with one attached hydrogen (secondary N) is 1. The van der Waals surface area contributed by atoms with Gasteiger partial charge < -0.3 is 10.4 Å². The highest BCUT2D eigenvalue weighted by atomic mass is 16.2. The summed E-state index contributed by atoms with van der Waals surface area (Å²) in [5, 5.41) is 12.8. The van der Waals surface area contributed by atoms with E-state index in [2.05, 4.69) is 24.1 Å². The smallest absolute Gasteiger partial charge is 0.0431 e. The predicted octanol–water partition coefficient (Wildman–Crippen LogP) is 3.03. The van der Waals surface area contributed by atoms with Crippen molar-refractivity contribution in [1.29, 1.82) is 0 Å². The minimum absolute atomic E-state index is 0.351. The molecule has 1 saturated heterocycles. The summed E-state index contributed by atoms with van der Waals surface area (Å²) in [5.74, 6) is 0.885. The molecule has 3 atom stereocenters. The Hall–Kier alpha value is -0.120. The number of likely N-dealkylation sites (tertiary alicyclic amines) is 1. The molecule has 0 radical (unpaired) electrons. The molecule has 2 rings (SSSR count). The zero-order chi connectivity index (χ0) is 15.1. The van der Waals surface area contributed by atoms with Crippen molar-refractivity contribution in [3.63, 3.8) is 0 Å². The van der Waals surface area contributed by atoms with Gasteiger partial charge in [0.1, 0.15) is 0 Å². The van der Waals surface area contributed by atoms with Crippen molar-refractivity contribution >= 4 is 0 Å². The molecule has 0 aromatic heterocycles. The van der Waals surface area contributed by atoms with Crippen LogP contribution in [0, 0.1) is 11.3 Å². The monoisotopic (exact) mass is 296 g/mol. The first kappa shape index (κ1) is 17.2. The highest BCUT2D eigenvalue weighted by molar-refractivity contribution is 4.92. The number of hydrogen-bond acceptors (Lipinski definition) is 3. The van der Waals surface area contributed by atoms with Crippen LogP contribution in [0.3, 0.4) is 0 Å². The van der Waals surface area contributed by atoms with E-state index in [9.17, 15) is 0 Å². The summed E-state index contributed by atoms with van der Waals surface area (Å²) in [4.78, 5) is 2.76. The second-order valence-electron chi connectivity index (χ2n) is 7.61. The first-order valence-electron chi connectivity index (χ1n) is 9.25. The van der Waals surface area contributed by atoms with E-state index in [0.29, 0.717) is 12.0 Å². The van der Waals surface area contributed by atoms with E-state index < -0.39 is 0 Å². The third-order valence-electron chi connectivity index (χ3n) is 5.67. The molecule has 124 valence electrons. The van der Waals surface area contributed by atoms with E-state index in [1.807, 2.05) is 0 Å². The molecule has 1 saturated carbocycles. The van der Waals surface area contributed by atoms with Gasteiger partial charge in [0, 0.05) is 25.7 Å². The van der Waals surface area contributed by atoms with Crippen LogP contribution in [-0.2, 0) is 0 Å². The van der Waals surface area contributed by atoms with Crippen molar-refractivity contribution in [2.24, 2.45) is 11.3 Å². The summed E-state index contributed by atoms with van der Waals surface area (Å²) >= 11 is 0. The van der Waals surface area contributed by atoms with Crippen LogP contribution < -0.4 is 5.32 Å². The van der Waals surface area contributed by atoms with Gasteiger partial charge in [-0.3, -0.25) is 4.90 Å². The molecule has 0 bridgehead atoms. The van der Waals surface area contributed by atoms with Gasteiger partial charge in [0.25, 0.3) is 0 Å². The molecule has 0 amide bonds. The van der Waals surface area contributed by atoms with Crippen molar-refractivity contribution in [2.75, 3.05) is 32.8 Å². The van der Waals surface area contributed by atoms with E-state index in [-0.39, 0.29) is 0 Å². The van der Waals surface area contributed by atoms with Crippen molar-refractivity contribution in [3.05, 3.63) is 0 Å². The molecule has 21 heavy (non-hydrogen) atoms. The Morgan fingerprint density at radius 3 is 2.86 bits per heavy atom. The van der Waals surface area contributed by atoms with Crippen LogP contribution in [0.25, 0.3) is 0 Å². The molecular formula is C18H36N2O. The minimum atomic E-state index is 0.351. The van der Waals surface area contributed by atoms with Gasteiger partial charge in [0.2, 0.25) is 0 Å². The van der Waals surface area contributed by atoms with Crippen LogP contribution >= 0.6 is 0 Å². The van der Waals surface area contributed by atoms with Gasteiger partial charge in [-0.05, 0) is 62.9 Å². The SMILES string of the molecule is CCNCC1(CN2CCCC2CCCO)CCCC(C)C1. The predicted molar refractivity (Wildman–Crippen MR) is 89.5 cm³/mol. The lowest BCUT2D eigenvalue weighted by molar-refractivity contribution is 0.0709. The van der Waals surface area contributed by atoms with Crippen molar-refractivity contribution in [1.82, 2.24) is 10.2 Å². The molecule has 0 aromatic rings. The van der Waals surface area contributed by atoms with Crippen molar-refractivity contribution in [2.45, 2.75) is 71.3 Å². The first-order valence-corrected chi connectivity index (χ1v) is 9.25. The third-order valence-corrected chi connectivity index (χ3v) is 5.67. The first-order chi connectivity index (χ1) is 10.2. The fourth-order valence-electron chi connectivity index (χ4n) is 4.71. The van der Waals surface area contributed by atoms with Crippen LogP contribution in [-0.4, -0.2) is 48.8 Å². The zero-order valence-corrected chi connectivity index (χ0v) is 14.2. The van der Waals surface area contributed by atoms with Gasteiger partial charge in [-0.2, -0.15) is 0 Å². The molecular weight excluding hydrogens is 260 g/mol. The average Bonchev–Trinajstić information content (AvgIpc) is 2.90. The molecule has 1 heterocycles. The van der Waals surface area contributed by atoms with Gasteiger partial charge in [0.05, 0.1) is 0 Å². The third kappa shape index (κ3) is 4.94. The summed E-state index contributed by atoms with van der Waals surface area (Å²) in [6.45, 7) is 9.84. The second-order valence-corrected chi connectivity index (χ2v) is 7.61. The van der Waals surface area contributed by atoms with Crippen molar-refractivity contribution < 1.29 is 5.11 Å². The number of rotatable bonds is 8. The fourth-order valence-corrected chi connectivity index (χ4v) is 4.71. The van der Waals surface area contributed by atoms with Crippen LogP contribution in [0.1, 0.15) is 65.2 Å². The number of hydrogen-bond donors (Lipinski definition) is 2. The summed E-state index contributed by atoms with van der Waals surface area (Å²) in [6, 6.07) is 0.730. The summed E-state index contributed by atoms with van der Waals surface area (Å²) in [5.41, 5.74) is 0.496. The largest absolute Gasteiger partial charge is 0.396 e. The van der Waals surface area contributed by atoms with Gasteiger partial charge in [0.15, 0.2) is 0 Å². The molecule has 2 N–H and O–H groups in total. The van der Waals surface area contributed by atoms with Gasteiger partial charge in [-0.15, -0.1) is 0 Å². The minimum Gasteiger partial charge on any atom is -0.396 e. The molecule has 3 unspecified atom stereocenters. The molecule has 3 nitrogen and oxygen atoms in total. The lowest BCUT2D eigenvalue weighted by Gasteiger charge is -2.44. The summed E-state index contributed by atoms with van der Waals surface area (Å²) in [6.07, 6.45) is 10.5. The molecule has 0 spiro atoms. The van der Waals surface area contributed by atoms with Crippen LogP contribution in [0.5, 0.6) is 0 Å². The van der Waals surface area contributed by atoms with E-state index in [1.165, 1.54) is 64.6 Å². The number of nitrogens with zero attached hydrogens (tertiary/aromatic N) is 1. The summed E-state index contributed by atoms with van der Waals surface area (Å²) < 4.78 is 0. The highest BCUT2D eigenvalue weighted by Crippen LogP contribution is 2.41. The Balaban J connectivity index is 1.96. The molecule has 1 aliphatic heterocycles. The Kier molecular flexibility index (Phi) is 6.97. The lowest BCUT2D eigenvalue weighted by atomic mass is 9.69. The Labute approximate surface area is 131 Å². The maximum Gasteiger partial charge on any atom is 0.0431 e. The quantitative estimate of drug-likeness (QED) is 0.723. The molecule has 0 aromatic carbocycles. The maximum absolute atomic E-state index is 9.11. The zero-order valence-electron chi connectivity index (χ0n) is 14.2. The topological polar surface area (TPSA) is 35.5 Å². The Bertz CT molecular complexity index is 297. The fraction of sp³-hybridized carbons (Fsp3) is 1.00. The Morgan fingerprint density at radius 1 is 1.29 bits per heavy atom. The molecule has 2 fully saturated rings.